The van der Waals surface area contributed by atoms with E-state index in [1.165, 1.54) is 5.56 Å². The molecular weight excluding hydrogens is 464 g/mol. The van der Waals surface area contributed by atoms with Crippen LogP contribution in [0.1, 0.15) is 59.4 Å². The molecule has 1 saturated heterocycles. The van der Waals surface area contributed by atoms with E-state index in [2.05, 4.69) is 41.4 Å². The third-order valence-corrected chi connectivity index (χ3v) is 6.90. The van der Waals surface area contributed by atoms with Gasteiger partial charge in [-0.2, -0.15) is 0 Å². The second-order valence-electron chi connectivity index (χ2n) is 9.68. The number of nitrogens with one attached hydrogen (secondary N) is 1. The topological polar surface area (TPSA) is 67.9 Å². The van der Waals surface area contributed by atoms with E-state index < -0.39 is 29.7 Å². The smallest absolute Gasteiger partial charge is 0.340 e. The Balaban J connectivity index is 1.95. The third-order valence-electron chi connectivity index (χ3n) is 6.90. The maximum absolute atomic E-state index is 13.8. The molecule has 6 nitrogen and oxygen atoms in total. The van der Waals surface area contributed by atoms with Gasteiger partial charge in [0.1, 0.15) is 0 Å². The first-order valence-corrected chi connectivity index (χ1v) is 12.9. The molecule has 1 aliphatic rings. The van der Waals surface area contributed by atoms with Gasteiger partial charge in [-0.3, -0.25) is 10.2 Å². The monoisotopic (exact) mass is 500 g/mol. The fourth-order valence-corrected chi connectivity index (χ4v) is 4.99. The van der Waals surface area contributed by atoms with Crippen LogP contribution >= 0.6 is 0 Å². The number of carbonyl (C=O) groups is 2. The maximum atomic E-state index is 13.8. The summed E-state index contributed by atoms with van der Waals surface area (Å²) in [5.74, 6) is -1.27. The molecule has 2 atom stereocenters. The van der Waals surface area contributed by atoms with Crippen molar-refractivity contribution in [3.8, 4) is 0 Å². The van der Waals surface area contributed by atoms with Crippen LogP contribution in [-0.2, 0) is 25.6 Å². The number of ether oxygens (including phenoxy) is 2. The van der Waals surface area contributed by atoms with Gasteiger partial charge < -0.3 is 9.47 Å². The minimum atomic E-state index is -1.75. The van der Waals surface area contributed by atoms with Crippen molar-refractivity contribution in [3.63, 3.8) is 0 Å². The fourth-order valence-electron chi connectivity index (χ4n) is 4.99. The van der Waals surface area contributed by atoms with Gasteiger partial charge in [0.15, 0.2) is 0 Å². The average Bonchev–Trinajstić information content (AvgIpc) is 3.22. The van der Waals surface area contributed by atoms with Crippen molar-refractivity contribution in [2.24, 2.45) is 0 Å². The van der Waals surface area contributed by atoms with E-state index in [-0.39, 0.29) is 13.2 Å². The van der Waals surface area contributed by atoms with Gasteiger partial charge in [0, 0.05) is 6.54 Å². The highest BCUT2D eigenvalue weighted by Gasteiger charge is 2.64. The third kappa shape index (κ3) is 5.31. The molecule has 0 aromatic heterocycles. The summed E-state index contributed by atoms with van der Waals surface area (Å²) in [6.45, 7) is 10.4. The van der Waals surface area contributed by atoms with E-state index in [4.69, 9.17) is 9.47 Å². The van der Waals surface area contributed by atoms with E-state index in [0.29, 0.717) is 6.54 Å². The molecule has 1 heterocycles. The number of hydrogen-bond donors (Lipinski definition) is 1. The molecule has 0 spiro atoms. The van der Waals surface area contributed by atoms with E-state index in [9.17, 15) is 9.59 Å². The molecule has 194 valence electrons. The highest BCUT2D eigenvalue weighted by atomic mass is 16.6. The van der Waals surface area contributed by atoms with E-state index in [0.717, 1.165) is 27.8 Å². The Morgan fingerprint density at radius 1 is 0.730 bits per heavy atom. The maximum Gasteiger partial charge on any atom is 0.340 e. The molecule has 37 heavy (non-hydrogen) atoms. The Labute approximate surface area is 219 Å². The lowest BCUT2D eigenvalue weighted by molar-refractivity contribution is -0.167. The molecule has 0 radical (unpaired) electrons. The molecule has 4 rings (SSSR count). The Kier molecular flexibility index (Phi) is 8.10. The van der Waals surface area contributed by atoms with Gasteiger partial charge in [0.25, 0.3) is 0 Å². The molecule has 0 amide bonds. The molecule has 1 aliphatic heterocycles. The zero-order valence-corrected chi connectivity index (χ0v) is 22.3. The molecule has 0 unspecified atom stereocenters. The predicted molar refractivity (Wildman–Crippen MR) is 144 cm³/mol. The Morgan fingerprint density at radius 2 is 1.16 bits per heavy atom. The molecule has 0 saturated carbocycles. The first-order chi connectivity index (χ1) is 17.8. The molecule has 6 heteroatoms. The fraction of sp³-hybridized carbons (Fsp3) is 0.355. The Bertz CT molecular complexity index is 1200. The van der Waals surface area contributed by atoms with Crippen LogP contribution in [0, 0.1) is 20.8 Å². The van der Waals surface area contributed by atoms with Crippen molar-refractivity contribution in [2.75, 3.05) is 13.2 Å². The highest BCUT2D eigenvalue weighted by Crippen LogP contribution is 2.47. The summed E-state index contributed by atoms with van der Waals surface area (Å²) in [6.07, 6.45) is -0.443. The van der Waals surface area contributed by atoms with Gasteiger partial charge in [-0.1, -0.05) is 89.5 Å². The van der Waals surface area contributed by atoms with Gasteiger partial charge >= 0.3 is 11.9 Å². The zero-order valence-electron chi connectivity index (χ0n) is 22.3. The first-order valence-electron chi connectivity index (χ1n) is 12.9. The molecular formula is C31H36N2O4. The molecule has 1 N–H and O–H groups in total. The number of carbonyl (C=O) groups excluding carboxylic acids is 2. The summed E-state index contributed by atoms with van der Waals surface area (Å²) in [5, 5.41) is 3.43. The van der Waals surface area contributed by atoms with Crippen LogP contribution in [0.3, 0.4) is 0 Å². The van der Waals surface area contributed by atoms with E-state index in [1.54, 1.807) is 13.8 Å². The van der Waals surface area contributed by atoms with Crippen LogP contribution in [0.25, 0.3) is 0 Å². The molecule has 3 aromatic carbocycles. The lowest BCUT2D eigenvalue weighted by atomic mass is 9.85. The lowest BCUT2D eigenvalue weighted by Crippen LogP contribution is -2.60. The van der Waals surface area contributed by atoms with Crippen LogP contribution < -0.4 is 5.32 Å². The highest BCUT2D eigenvalue weighted by molar-refractivity contribution is 6.06. The van der Waals surface area contributed by atoms with Gasteiger partial charge in [-0.25, -0.2) is 9.59 Å². The van der Waals surface area contributed by atoms with Crippen molar-refractivity contribution in [3.05, 3.63) is 106 Å². The van der Waals surface area contributed by atoms with Crippen molar-refractivity contribution >= 4 is 11.9 Å². The van der Waals surface area contributed by atoms with Crippen LogP contribution in [-0.4, -0.2) is 35.6 Å². The van der Waals surface area contributed by atoms with Gasteiger partial charge in [0.05, 0.1) is 25.4 Å². The first kappa shape index (κ1) is 26.6. The molecule has 3 aromatic rings. The number of aryl methyl sites for hydroxylation is 3. The van der Waals surface area contributed by atoms with Crippen LogP contribution in [0.5, 0.6) is 0 Å². The SMILES string of the molecule is CCOC(=O)C1(C(=O)OCC)N[C@@H](c2ccc(C)cc2)N(Cc2ccc(C)cc2)[C@H]1c1ccc(C)cc1. The van der Waals surface area contributed by atoms with Gasteiger partial charge in [-0.05, 0) is 51.3 Å². The van der Waals surface area contributed by atoms with Crippen molar-refractivity contribution in [1.82, 2.24) is 10.2 Å². The summed E-state index contributed by atoms with van der Waals surface area (Å²) in [4.78, 5) is 29.8. The lowest BCUT2D eigenvalue weighted by Gasteiger charge is -2.34. The molecule has 1 fully saturated rings. The Morgan fingerprint density at radius 3 is 1.62 bits per heavy atom. The summed E-state index contributed by atoms with van der Waals surface area (Å²) < 4.78 is 11.1. The van der Waals surface area contributed by atoms with E-state index >= 15 is 0 Å². The second kappa shape index (κ2) is 11.3. The molecule has 0 aliphatic carbocycles. The number of esters is 2. The van der Waals surface area contributed by atoms with Crippen molar-refractivity contribution < 1.29 is 19.1 Å². The second-order valence-corrected chi connectivity index (χ2v) is 9.68. The summed E-state index contributed by atoms with van der Waals surface area (Å²) in [5.41, 5.74) is 4.50. The number of hydrogen-bond acceptors (Lipinski definition) is 6. The predicted octanol–water partition coefficient (Wildman–Crippen LogP) is 5.32. The summed E-state index contributed by atoms with van der Waals surface area (Å²) >= 11 is 0. The molecule has 0 bridgehead atoms. The number of nitrogens with zero attached hydrogens (tertiary/aromatic N) is 1. The Hall–Kier alpha value is -3.48. The number of benzene rings is 3. The van der Waals surface area contributed by atoms with Crippen LogP contribution in [0.15, 0.2) is 72.8 Å². The summed E-state index contributed by atoms with van der Waals surface area (Å²) in [6, 6.07) is 23.8. The standard InChI is InChI=1S/C31H36N2O4/c1-6-36-29(34)31(30(35)37-7-2)27(25-16-10-22(4)11-17-25)33(20-24-14-8-21(3)9-15-24)28(32-31)26-18-12-23(5)13-19-26/h8-19,27-28,32H,6-7,20H2,1-5H3/t27-,28+/m0/s1. The minimum absolute atomic E-state index is 0.148. The average molecular weight is 501 g/mol. The van der Waals surface area contributed by atoms with E-state index in [1.807, 2.05) is 62.4 Å². The van der Waals surface area contributed by atoms with Crippen molar-refractivity contribution in [2.45, 2.75) is 58.9 Å². The van der Waals surface area contributed by atoms with Crippen LogP contribution in [0.2, 0.25) is 0 Å². The largest absolute Gasteiger partial charge is 0.464 e. The normalized spacial score (nSPS) is 18.9. The number of rotatable bonds is 8. The zero-order chi connectivity index (χ0) is 26.6. The summed E-state index contributed by atoms with van der Waals surface area (Å²) in [7, 11) is 0. The van der Waals surface area contributed by atoms with Gasteiger partial charge in [-0.15, -0.1) is 0 Å². The minimum Gasteiger partial charge on any atom is -0.464 e. The van der Waals surface area contributed by atoms with Gasteiger partial charge in [0.2, 0.25) is 5.54 Å². The van der Waals surface area contributed by atoms with Crippen molar-refractivity contribution in [1.29, 1.82) is 0 Å². The van der Waals surface area contributed by atoms with Crippen LogP contribution in [0.4, 0.5) is 0 Å². The quantitative estimate of drug-likeness (QED) is 0.333.